The van der Waals surface area contributed by atoms with Crippen molar-refractivity contribution in [2.45, 2.75) is 6.92 Å². The second-order valence-corrected chi connectivity index (χ2v) is 5.67. The highest BCUT2D eigenvalue weighted by atomic mass is 79.9. The molecule has 3 rings (SSSR count). The van der Waals surface area contributed by atoms with E-state index in [0.29, 0.717) is 10.8 Å². The Hall–Kier alpha value is -1.52. The summed E-state index contributed by atoms with van der Waals surface area (Å²) in [4.78, 5) is 4.56. The standard InChI is InChI=1S/C14H11BrClN3/c1-8-2-5-12-18-13(14(17)19(12)7-8)9-3-4-10(15)11(16)6-9/h2-7H,17H2,1H3. The highest BCUT2D eigenvalue weighted by Crippen LogP contribution is 2.31. The second-order valence-electron chi connectivity index (χ2n) is 4.41. The fourth-order valence-electron chi connectivity index (χ4n) is 2.02. The van der Waals surface area contributed by atoms with Crippen molar-refractivity contribution in [2.24, 2.45) is 0 Å². The summed E-state index contributed by atoms with van der Waals surface area (Å²) in [6, 6.07) is 9.67. The van der Waals surface area contributed by atoms with E-state index >= 15 is 0 Å². The van der Waals surface area contributed by atoms with Crippen molar-refractivity contribution in [3.63, 3.8) is 0 Å². The number of nitrogen functional groups attached to an aromatic ring is 1. The number of rotatable bonds is 1. The number of anilines is 1. The molecular formula is C14H11BrClN3. The minimum atomic E-state index is 0.622. The molecule has 2 N–H and O–H groups in total. The molecule has 0 saturated carbocycles. The van der Waals surface area contributed by atoms with Gasteiger partial charge in [-0.2, -0.15) is 0 Å². The monoisotopic (exact) mass is 335 g/mol. The van der Waals surface area contributed by atoms with Gasteiger partial charge in [-0.1, -0.05) is 23.7 Å². The molecule has 0 fully saturated rings. The number of benzene rings is 1. The molecule has 1 aromatic carbocycles. The van der Waals surface area contributed by atoms with Crippen molar-refractivity contribution in [1.82, 2.24) is 9.38 Å². The molecule has 0 bridgehead atoms. The molecule has 19 heavy (non-hydrogen) atoms. The van der Waals surface area contributed by atoms with Crippen molar-refractivity contribution < 1.29 is 0 Å². The van der Waals surface area contributed by atoms with Crippen LogP contribution in [0.3, 0.4) is 0 Å². The Labute approximate surface area is 124 Å². The summed E-state index contributed by atoms with van der Waals surface area (Å²) in [7, 11) is 0. The molecule has 0 atom stereocenters. The van der Waals surface area contributed by atoms with Crippen molar-refractivity contribution in [1.29, 1.82) is 0 Å². The molecule has 5 heteroatoms. The van der Waals surface area contributed by atoms with E-state index in [-0.39, 0.29) is 0 Å². The molecule has 0 spiro atoms. The number of fused-ring (bicyclic) bond motifs is 1. The fraction of sp³-hybridized carbons (Fsp3) is 0.0714. The van der Waals surface area contributed by atoms with Crippen molar-refractivity contribution in [3.8, 4) is 11.3 Å². The summed E-state index contributed by atoms with van der Waals surface area (Å²) in [5.41, 5.74) is 9.80. The summed E-state index contributed by atoms with van der Waals surface area (Å²) >= 11 is 9.49. The normalized spacial score (nSPS) is 11.1. The Morgan fingerprint density at radius 2 is 2.05 bits per heavy atom. The van der Waals surface area contributed by atoms with E-state index < -0.39 is 0 Å². The van der Waals surface area contributed by atoms with Gasteiger partial charge in [0, 0.05) is 16.2 Å². The van der Waals surface area contributed by atoms with Gasteiger partial charge in [0.15, 0.2) is 0 Å². The first-order chi connectivity index (χ1) is 9.06. The van der Waals surface area contributed by atoms with E-state index in [1.165, 1.54) is 0 Å². The number of nitrogens with zero attached hydrogens (tertiary/aromatic N) is 2. The van der Waals surface area contributed by atoms with E-state index in [2.05, 4.69) is 20.9 Å². The third kappa shape index (κ3) is 2.11. The van der Waals surface area contributed by atoms with Gasteiger partial charge in [0.05, 0.1) is 5.02 Å². The van der Waals surface area contributed by atoms with Gasteiger partial charge in [0.25, 0.3) is 0 Å². The summed E-state index contributed by atoms with van der Waals surface area (Å²) in [5.74, 6) is 0.622. The zero-order valence-corrected chi connectivity index (χ0v) is 12.5. The quantitative estimate of drug-likeness (QED) is 0.719. The Morgan fingerprint density at radius 3 is 2.79 bits per heavy atom. The lowest BCUT2D eigenvalue weighted by Crippen LogP contribution is -1.94. The summed E-state index contributed by atoms with van der Waals surface area (Å²) in [6.45, 7) is 2.02. The first-order valence-corrected chi connectivity index (χ1v) is 6.93. The van der Waals surface area contributed by atoms with Gasteiger partial charge in [-0.3, -0.25) is 4.40 Å². The number of pyridine rings is 1. The maximum absolute atomic E-state index is 6.17. The molecule has 0 saturated heterocycles. The van der Waals surface area contributed by atoms with Crippen LogP contribution in [0.5, 0.6) is 0 Å². The minimum Gasteiger partial charge on any atom is -0.383 e. The second kappa shape index (κ2) is 4.54. The first-order valence-electron chi connectivity index (χ1n) is 5.76. The molecule has 0 aliphatic rings. The Morgan fingerprint density at radius 1 is 1.26 bits per heavy atom. The van der Waals surface area contributed by atoms with Crippen molar-refractivity contribution in [2.75, 3.05) is 5.73 Å². The van der Waals surface area contributed by atoms with Gasteiger partial charge in [0.1, 0.15) is 17.2 Å². The minimum absolute atomic E-state index is 0.622. The van der Waals surface area contributed by atoms with Crippen LogP contribution in [0.2, 0.25) is 5.02 Å². The zero-order valence-electron chi connectivity index (χ0n) is 10.2. The molecule has 0 aliphatic carbocycles. The van der Waals surface area contributed by atoms with Crippen molar-refractivity contribution >= 4 is 39.0 Å². The summed E-state index contributed by atoms with van der Waals surface area (Å²) in [5, 5.41) is 0.644. The van der Waals surface area contributed by atoms with Crippen LogP contribution < -0.4 is 5.73 Å². The number of halogens is 2. The van der Waals surface area contributed by atoms with Gasteiger partial charge in [-0.15, -0.1) is 0 Å². The molecule has 2 aromatic heterocycles. The third-order valence-electron chi connectivity index (χ3n) is 3.00. The number of hydrogen-bond acceptors (Lipinski definition) is 2. The lowest BCUT2D eigenvalue weighted by atomic mass is 10.1. The Kier molecular flexibility index (Phi) is 2.99. The number of imidazole rings is 1. The number of hydrogen-bond donors (Lipinski definition) is 1. The molecule has 0 unspecified atom stereocenters. The van der Waals surface area contributed by atoms with Crippen LogP contribution in [0, 0.1) is 6.92 Å². The summed E-state index contributed by atoms with van der Waals surface area (Å²) in [6.07, 6.45) is 1.97. The molecule has 3 nitrogen and oxygen atoms in total. The van der Waals surface area contributed by atoms with E-state index in [9.17, 15) is 0 Å². The van der Waals surface area contributed by atoms with Gasteiger partial charge < -0.3 is 5.73 Å². The number of aryl methyl sites for hydroxylation is 1. The predicted octanol–water partition coefficient (Wildman–Crippen LogP) is 4.31. The van der Waals surface area contributed by atoms with Crippen LogP contribution in [-0.4, -0.2) is 9.38 Å². The van der Waals surface area contributed by atoms with Crippen LogP contribution in [0.15, 0.2) is 41.0 Å². The van der Waals surface area contributed by atoms with Gasteiger partial charge in [0.2, 0.25) is 0 Å². The number of nitrogens with two attached hydrogens (primary N) is 1. The van der Waals surface area contributed by atoms with Crippen LogP contribution in [0.25, 0.3) is 16.9 Å². The van der Waals surface area contributed by atoms with Crippen LogP contribution in [0.4, 0.5) is 5.82 Å². The largest absolute Gasteiger partial charge is 0.383 e. The lowest BCUT2D eigenvalue weighted by molar-refractivity contribution is 1.16. The Bertz CT molecular complexity index is 780. The Balaban J connectivity index is 2.24. The maximum Gasteiger partial charge on any atom is 0.139 e. The average Bonchev–Trinajstić information content (AvgIpc) is 2.70. The van der Waals surface area contributed by atoms with E-state index in [1.54, 1.807) is 0 Å². The molecular weight excluding hydrogens is 326 g/mol. The van der Waals surface area contributed by atoms with Crippen LogP contribution in [-0.2, 0) is 0 Å². The number of aromatic nitrogens is 2. The zero-order chi connectivity index (χ0) is 13.6. The molecule has 2 heterocycles. The van der Waals surface area contributed by atoms with Gasteiger partial charge >= 0.3 is 0 Å². The highest BCUT2D eigenvalue weighted by Gasteiger charge is 2.12. The molecule has 0 amide bonds. The van der Waals surface area contributed by atoms with E-state index in [4.69, 9.17) is 17.3 Å². The van der Waals surface area contributed by atoms with Crippen molar-refractivity contribution in [3.05, 3.63) is 51.6 Å². The smallest absolute Gasteiger partial charge is 0.139 e. The molecule has 3 aromatic rings. The van der Waals surface area contributed by atoms with E-state index in [1.807, 2.05) is 47.9 Å². The topological polar surface area (TPSA) is 43.3 Å². The summed E-state index contributed by atoms with van der Waals surface area (Å²) < 4.78 is 2.75. The third-order valence-corrected chi connectivity index (χ3v) is 4.23. The fourth-order valence-corrected chi connectivity index (χ4v) is 2.45. The highest BCUT2D eigenvalue weighted by molar-refractivity contribution is 9.10. The average molecular weight is 337 g/mol. The van der Waals surface area contributed by atoms with Gasteiger partial charge in [-0.05, 0) is 46.6 Å². The molecule has 0 aliphatic heterocycles. The SMILES string of the molecule is Cc1ccc2nc(-c3ccc(Br)c(Cl)c3)c(N)n2c1. The van der Waals surface area contributed by atoms with Gasteiger partial charge in [-0.25, -0.2) is 4.98 Å². The molecule has 0 radical (unpaired) electrons. The molecule has 96 valence electrons. The van der Waals surface area contributed by atoms with E-state index in [0.717, 1.165) is 26.9 Å². The first kappa shape index (κ1) is 12.5. The lowest BCUT2D eigenvalue weighted by Gasteiger charge is -2.02. The van der Waals surface area contributed by atoms with Crippen LogP contribution in [0.1, 0.15) is 5.56 Å². The predicted molar refractivity (Wildman–Crippen MR) is 82.5 cm³/mol. The van der Waals surface area contributed by atoms with Crippen LogP contribution >= 0.6 is 27.5 Å². The maximum atomic E-state index is 6.17.